The Hall–Kier alpha value is -4.38. The Kier molecular flexibility index (Phi) is 10.2. The summed E-state index contributed by atoms with van der Waals surface area (Å²) in [5.74, 6) is 0.390. The number of hydrogen-bond donors (Lipinski definition) is 2. The van der Waals surface area contributed by atoms with Gasteiger partial charge in [-0.1, -0.05) is 41.6 Å². The number of nitrogens with zero attached hydrogens (tertiary/aromatic N) is 3. The topological polar surface area (TPSA) is 125 Å². The van der Waals surface area contributed by atoms with Gasteiger partial charge in [-0.3, -0.25) is 19.2 Å². The molecule has 11 heteroatoms. The van der Waals surface area contributed by atoms with Crippen LogP contribution >= 0.6 is 11.8 Å². The number of amides is 4. The largest absolute Gasteiger partial charge is 0.361 e. The Morgan fingerprint density at radius 1 is 0.841 bits per heavy atom. The van der Waals surface area contributed by atoms with E-state index in [9.17, 15) is 19.2 Å². The van der Waals surface area contributed by atoms with Gasteiger partial charge in [0, 0.05) is 30.5 Å². The van der Waals surface area contributed by atoms with Gasteiger partial charge >= 0.3 is 0 Å². The number of hydrogen-bond acceptors (Lipinski definition) is 7. The molecule has 0 aliphatic carbocycles. The Bertz CT molecular complexity index is 1520. The fourth-order valence-electron chi connectivity index (χ4n) is 5.63. The molecule has 1 aromatic heterocycles. The highest BCUT2D eigenvalue weighted by molar-refractivity contribution is 7.99. The normalized spacial score (nSPS) is 18.1. The lowest BCUT2D eigenvalue weighted by atomic mass is 10.1. The first-order chi connectivity index (χ1) is 21.3. The number of carbonyl (C=O) groups is 4. The lowest BCUT2D eigenvalue weighted by Crippen LogP contribution is -2.43. The van der Waals surface area contributed by atoms with Crippen LogP contribution in [0, 0.1) is 6.92 Å². The fourth-order valence-corrected chi connectivity index (χ4v) is 6.04. The van der Waals surface area contributed by atoms with E-state index in [4.69, 9.17) is 4.52 Å². The number of aromatic nitrogens is 1. The molecule has 3 heterocycles. The molecule has 3 aromatic rings. The molecule has 44 heavy (non-hydrogen) atoms. The Balaban J connectivity index is 1.11. The molecular weight excluding hydrogens is 578 g/mol. The summed E-state index contributed by atoms with van der Waals surface area (Å²) in [6, 6.07) is 15.8. The Labute approximate surface area is 261 Å². The number of anilines is 2. The number of rotatable bonds is 10. The number of benzene rings is 2. The maximum absolute atomic E-state index is 13.0. The highest BCUT2D eigenvalue weighted by Crippen LogP contribution is 2.23. The van der Waals surface area contributed by atoms with Gasteiger partial charge in [0.25, 0.3) is 0 Å². The minimum absolute atomic E-state index is 0.00761. The maximum atomic E-state index is 13.0. The minimum atomic E-state index is -0.515. The Morgan fingerprint density at radius 2 is 1.34 bits per heavy atom. The molecule has 10 nitrogen and oxygen atoms in total. The van der Waals surface area contributed by atoms with Crippen LogP contribution in [0.5, 0.6) is 0 Å². The van der Waals surface area contributed by atoms with Gasteiger partial charge < -0.3 is 25.0 Å². The molecule has 0 radical (unpaired) electrons. The number of thioether (sulfide) groups is 1. The molecule has 2 aliphatic rings. The third kappa shape index (κ3) is 7.76. The van der Waals surface area contributed by atoms with Gasteiger partial charge in [0.2, 0.25) is 23.6 Å². The quantitative estimate of drug-likeness (QED) is 0.319. The van der Waals surface area contributed by atoms with Gasteiger partial charge in [-0.05, 0) is 74.3 Å². The monoisotopic (exact) mass is 615 g/mol. The Morgan fingerprint density at radius 3 is 1.80 bits per heavy atom. The van der Waals surface area contributed by atoms with Crippen LogP contribution < -0.4 is 10.6 Å². The second kappa shape index (κ2) is 14.4. The third-order valence-electron chi connectivity index (χ3n) is 7.85. The van der Waals surface area contributed by atoms with E-state index < -0.39 is 12.1 Å². The molecule has 0 bridgehead atoms. The first-order valence-electron chi connectivity index (χ1n) is 14.8. The first-order valence-corrected chi connectivity index (χ1v) is 16.2. The van der Waals surface area contributed by atoms with Crippen molar-refractivity contribution in [1.82, 2.24) is 15.0 Å². The predicted octanol–water partition coefficient (Wildman–Crippen LogP) is 4.62. The average molecular weight is 616 g/mol. The summed E-state index contributed by atoms with van der Waals surface area (Å²) in [5.41, 5.74) is 3.98. The summed E-state index contributed by atoms with van der Waals surface area (Å²) in [5, 5.41) is 9.72. The molecule has 4 amide bonds. The van der Waals surface area contributed by atoms with Crippen LogP contribution in [0.25, 0.3) is 12.2 Å². The van der Waals surface area contributed by atoms with Crippen LogP contribution in [-0.4, -0.2) is 75.8 Å². The van der Waals surface area contributed by atoms with Crippen LogP contribution in [0.1, 0.15) is 48.3 Å². The van der Waals surface area contributed by atoms with Crippen molar-refractivity contribution in [2.45, 2.75) is 51.1 Å². The van der Waals surface area contributed by atoms with Crippen molar-refractivity contribution >= 4 is 58.9 Å². The van der Waals surface area contributed by atoms with E-state index in [-0.39, 0.29) is 30.0 Å². The minimum Gasteiger partial charge on any atom is -0.361 e. The highest BCUT2D eigenvalue weighted by Gasteiger charge is 2.35. The summed E-state index contributed by atoms with van der Waals surface area (Å²) < 4.78 is 5.17. The summed E-state index contributed by atoms with van der Waals surface area (Å²) in [6.45, 7) is 2.97. The summed E-state index contributed by atoms with van der Waals surface area (Å²) in [6.07, 6.45) is 8.81. The summed E-state index contributed by atoms with van der Waals surface area (Å²) in [4.78, 5) is 54.3. The van der Waals surface area contributed by atoms with Gasteiger partial charge in [-0.25, -0.2) is 0 Å². The molecule has 2 N–H and O–H groups in total. The fraction of sp³-hybridized carbons (Fsp3) is 0.364. The lowest BCUT2D eigenvalue weighted by molar-refractivity contribution is -0.136. The van der Waals surface area contributed by atoms with E-state index in [0.29, 0.717) is 54.5 Å². The number of likely N-dealkylation sites (tertiary alicyclic amines) is 2. The predicted molar refractivity (Wildman–Crippen MR) is 172 cm³/mol. The second-order valence-electron chi connectivity index (χ2n) is 11.1. The molecule has 5 rings (SSSR count). The van der Waals surface area contributed by atoms with Crippen molar-refractivity contribution < 1.29 is 23.7 Å². The van der Waals surface area contributed by atoms with Gasteiger partial charge in [0.1, 0.15) is 17.8 Å². The van der Waals surface area contributed by atoms with E-state index in [1.54, 1.807) is 22.8 Å². The van der Waals surface area contributed by atoms with Crippen LogP contribution in [0.2, 0.25) is 0 Å². The van der Waals surface area contributed by atoms with Crippen LogP contribution in [0.15, 0.2) is 59.1 Å². The number of aryl methyl sites for hydroxylation is 1. The zero-order valence-corrected chi connectivity index (χ0v) is 25.8. The highest BCUT2D eigenvalue weighted by atomic mass is 32.2. The summed E-state index contributed by atoms with van der Waals surface area (Å²) in [7, 11) is 0. The molecule has 2 aliphatic heterocycles. The first kappa shape index (κ1) is 31.1. The standard InChI is InChI=1S/C33H37N5O5S/c1-22-19-27(43-36-22)20-30(39)37-17-3-5-28(37)32(41)34-25-13-9-23(10-14-25)7-8-24-11-15-26(16-12-24)35-33(42)29-6-4-18-38(29)31(40)21-44-2/h7-16,19,28-29H,3-6,17-18,20-21H2,1-2H3,(H,34,41)(H,35,42)/t28-,29-/m0/s1. The van der Waals surface area contributed by atoms with E-state index >= 15 is 0 Å². The average Bonchev–Trinajstić information content (AvgIpc) is 3.79. The van der Waals surface area contributed by atoms with Crippen molar-refractivity contribution in [2.75, 3.05) is 35.7 Å². The van der Waals surface area contributed by atoms with Crippen molar-refractivity contribution in [3.8, 4) is 0 Å². The van der Waals surface area contributed by atoms with Gasteiger partial charge in [-0.2, -0.15) is 11.8 Å². The molecule has 2 aromatic carbocycles. The molecule has 2 fully saturated rings. The molecule has 0 unspecified atom stereocenters. The molecule has 2 atom stereocenters. The van der Waals surface area contributed by atoms with Gasteiger partial charge in [0.05, 0.1) is 17.9 Å². The summed E-state index contributed by atoms with van der Waals surface area (Å²) >= 11 is 1.47. The van der Waals surface area contributed by atoms with Gasteiger partial charge in [-0.15, -0.1) is 0 Å². The zero-order valence-electron chi connectivity index (χ0n) is 25.0. The lowest BCUT2D eigenvalue weighted by Gasteiger charge is -2.23. The number of nitrogens with one attached hydrogen (secondary N) is 2. The van der Waals surface area contributed by atoms with E-state index in [2.05, 4.69) is 15.8 Å². The molecule has 0 spiro atoms. The molecule has 2 saturated heterocycles. The maximum Gasteiger partial charge on any atom is 0.247 e. The van der Waals surface area contributed by atoms with Crippen LogP contribution in [0.4, 0.5) is 11.4 Å². The van der Waals surface area contributed by atoms with Crippen molar-refractivity contribution in [3.05, 3.63) is 77.2 Å². The smallest absolute Gasteiger partial charge is 0.247 e. The molecular formula is C33H37N5O5S. The van der Waals surface area contributed by atoms with E-state index in [0.717, 1.165) is 24.0 Å². The molecule has 230 valence electrons. The zero-order chi connectivity index (χ0) is 31.1. The van der Waals surface area contributed by atoms with Crippen molar-refractivity contribution in [1.29, 1.82) is 0 Å². The van der Waals surface area contributed by atoms with Crippen molar-refractivity contribution in [3.63, 3.8) is 0 Å². The van der Waals surface area contributed by atoms with E-state index in [1.165, 1.54) is 11.8 Å². The number of carbonyl (C=O) groups excluding carboxylic acids is 4. The van der Waals surface area contributed by atoms with E-state index in [1.807, 2.05) is 66.9 Å². The second-order valence-corrected chi connectivity index (χ2v) is 12.0. The van der Waals surface area contributed by atoms with Crippen LogP contribution in [0.3, 0.4) is 0 Å². The van der Waals surface area contributed by atoms with Gasteiger partial charge in [0.15, 0.2) is 0 Å². The molecule has 0 saturated carbocycles. The third-order valence-corrected chi connectivity index (χ3v) is 8.38. The van der Waals surface area contributed by atoms with Crippen LogP contribution in [-0.2, 0) is 25.6 Å². The van der Waals surface area contributed by atoms with Crippen molar-refractivity contribution in [2.24, 2.45) is 0 Å². The SMILES string of the molecule is CSCC(=O)N1CCC[C@H]1C(=O)Nc1ccc(C=Cc2ccc(NC(=O)[C@@H]3CCCN3C(=O)Cc3cc(C)no3)cc2)cc1.